The van der Waals surface area contributed by atoms with Gasteiger partial charge in [0.15, 0.2) is 0 Å². The van der Waals surface area contributed by atoms with Crippen molar-refractivity contribution in [2.45, 2.75) is 45.1 Å². The number of rotatable bonds is 7. The third-order valence-corrected chi connectivity index (χ3v) is 6.14. The van der Waals surface area contributed by atoms with E-state index in [-0.39, 0.29) is 23.7 Å². The first kappa shape index (κ1) is 22.7. The maximum Gasteiger partial charge on any atom is 0.257 e. The van der Waals surface area contributed by atoms with Crippen LogP contribution in [0.15, 0.2) is 60.8 Å². The Morgan fingerprint density at radius 3 is 2.42 bits per heavy atom. The zero-order chi connectivity index (χ0) is 23.2. The summed E-state index contributed by atoms with van der Waals surface area (Å²) in [5, 5.41) is 7.51. The van der Waals surface area contributed by atoms with Gasteiger partial charge in [0, 0.05) is 25.6 Å². The molecule has 1 saturated heterocycles. The molecule has 1 aliphatic rings. The average molecular weight is 449 g/mol. The largest absolute Gasteiger partial charge is 0.353 e. The Balaban J connectivity index is 1.32. The van der Waals surface area contributed by atoms with Gasteiger partial charge in [-0.25, -0.2) is 9.07 Å². The van der Waals surface area contributed by atoms with Crippen molar-refractivity contribution in [1.29, 1.82) is 0 Å². The summed E-state index contributed by atoms with van der Waals surface area (Å²) in [4.78, 5) is 27.4. The number of piperidine rings is 1. The topological polar surface area (TPSA) is 67.2 Å². The van der Waals surface area contributed by atoms with E-state index in [1.165, 1.54) is 12.1 Å². The Bertz CT molecular complexity index is 1090. The number of likely N-dealkylation sites (tertiary alicyclic amines) is 1. The first-order valence-electron chi connectivity index (χ1n) is 11.5. The molecule has 7 heteroatoms. The van der Waals surface area contributed by atoms with Gasteiger partial charge < -0.3 is 10.2 Å². The molecule has 0 unspecified atom stereocenters. The predicted octanol–water partition coefficient (Wildman–Crippen LogP) is 3.93. The van der Waals surface area contributed by atoms with Gasteiger partial charge in [0.05, 0.1) is 23.1 Å². The molecule has 0 aliphatic carbocycles. The van der Waals surface area contributed by atoms with Gasteiger partial charge in [0.25, 0.3) is 5.91 Å². The second kappa shape index (κ2) is 10.4. The van der Waals surface area contributed by atoms with Crippen molar-refractivity contribution in [2.24, 2.45) is 0 Å². The van der Waals surface area contributed by atoms with Crippen molar-refractivity contribution >= 4 is 11.8 Å². The lowest BCUT2D eigenvalue weighted by molar-refractivity contribution is -0.122. The number of carbonyl (C=O) groups is 2. The molecule has 3 aromatic rings. The number of nitrogens with zero attached hydrogens (tertiary/aromatic N) is 3. The van der Waals surface area contributed by atoms with E-state index in [0.717, 1.165) is 36.2 Å². The summed E-state index contributed by atoms with van der Waals surface area (Å²) in [7, 11) is 0. The maximum absolute atomic E-state index is 13.3. The molecule has 2 heterocycles. The van der Waals surface area contributed by atoms with Gasteiger partial charge in [-0.3, -0.25) is 9.59 Å². The van der Waals surface area contributed by atoms with Crippen LogP contribution in [0.5, 0.6) is 0 Å². The molecule has 6 nitrogen and oxygen atoms in total. The summed E-state index contributed by atoms with van der Waals surface area (Å²) in [6.07, 6.45) is 4.88. The van der Waals surface area contributed by atoms with E-state index in [2.05, 4.69) is 10.4 Å². The smallest absolute Gasteiger partial charge is 0.257 e. The van der Waals surface area contributed by atoms with Crippen LogP contribution in [0.4, 0.5) is 4.39 Å². The van der Waals surface area contributed by atoms with Crippen molar-refractivity contribution in [1.82, 2.24) is 20.0 Å². The normalized spacial score (nSPS) is 14.3. The second-order valence-electron chi connectivity index (χ2n) is 8.37. The Morgan fingerprint density at radius 2 is 1.76 bits per heavy atom. The van der Waals surface area contributed by atoms with Crippen LogP contribution in [0.2, 0.25) is 0 Å². The lowest BCUT2D eigenvalue weighted by atomic mass is 10.0. The SMILES string of the molecule is CCc1c(C(=O)N2CCC(NC(=O)CCc3ccccc3)CC2)cnn1-c1ccc(F)cc1. The molecule has 0 saturated carbocycles. The van der Waals surface area contributed by atoms with Gasteiger partial charge in [0.1, 0.15) is 5.82 Å². The zero-order valence-electron chi connectivity index (χ0n) is 18.8. The fourth-order valence-electron chi connectivity index (χ4n) is 4.30. The van der Waals surface area contributed by atoms with E-state index >= 15 is 0 Å². The zero-order valence-corrected chi connectivity index (χ0v) is 18.8. The molecule has 1 fully saturated rings. The Morgan fingerprint density at radius 1 is 1.06 bits per heavy atom. The number of hydrogen-bond acceptors (Lipinski definition) is 3. The molecule has 4 rings (SSSR count). The van der Waals surface area contributed by atoms with Crippen molar-refractivity contribution in [2.75, 3.05) is 13.1 Å². The summed E-state index contributed by atoms with van der Waals surface area (Å²) in [6.45, 7) is 3.16. The van der Waals surface area contributed by atoms with Crippen LogP contribution in [0, 0.1) is 5.82 Å². The van der Waals surface area contributed by atoms with E-state index in [4.69, 9.17) is 0 Å². The molecule has 0 spiro atoms. The van der Waals surface area contributed by atoms with E-state index in [1.54, 1.807) is 23.0 Å². The first-order chi connectivity index (χ1) is 16.0. The second-order valence-corrected chi connectivity index (χ2v) is 8.37. The van der Waals surface area contributed by atoms with Crippen LogP contribution in [0.3, 0.4) is 0 Å². The fraction of sp³-hybridized carbons (Fsp3) is 0.346. The lowest BCUT2D eigenvalue weighted by Crippen LogP contribution is -2.46. The van der Waals surface area contributed by atoms with Gasteiger partial charge in [-0.05, 0) is 55.5 Å². The summed E-state index contributed by atoms with van der Waals surface area (Å²) in [5.41, 5.74) is 3.26. The molecule has 1 aromatic heterocycles. The van der Waals surface area contributed by atoms with Gasteiger partial charge >= 0.3 is 0 Å². The molecular formula is C26H29FN4O2. The molecule has 1 aliphatic heterocycles. The van der Waals surface area contributed by atoms with E-state index in [1.807, 2.05) is 42.2 Å². The molecule has 2 amide bonds. The van der Waals surface area contributed by atoms with Crippen molar-refractivity contribution < 1.29 is 14.0 Å². The Kier molecular flexibility index (Phi) is 7.17. The number of halogens is 1. The van der Waals surface area contributed by atoms with Gasteiger partial charge in [-0.2, -0.15) is 5.10 Å². The third kappa shape index (κ3) is 5.48. The minimum absolute atomic E-state index is 0.0472. The van der Waals surface area contributed by atoms with Crippen LogP contribution in [-0.2, 0) is 17.6 Å². The molecule has 0 bridgehead atoms. The van der Waals surface area contributed by atoms with Crippen LogP contribution in [-0.4, -0.2) is 45.6 Å². The summed E-state index contributed by atoms with van der Waals surface area (Å²) < 4.78 is 15.0. The lowest BCUT2D eigenvalue weighted by Gasteiger charge is -2.32. The number of amides is 2. The van der Waals surface area contributed by atoms with E-state index in [9.17, 15) is 14.0 Å². The molecule has 2 aromatic carbocycles. The highest BCUT2D eigenvalue weighted by molar-refractivity contribution is 5.95. The average Bonchev–Trinajstić information content (AvgIpc) is 3.28. The molecular weight excluding hydrogens is 419 g/mol. The summed E-state index contributed by atoms with van der Waals surface area (Å²) in [6, 6.07) is 16.2. The predicted molar refractivity (Wildman–Crippen MR) is 125 cm³/mol. The number of hydrogen-bond donors (Lipinski definition) is 1. The Hall–Kier alpha value is -3.48. The van der Waals surface area contributed by atoms with Gasteiger partial charge in [-0.15, -0.1) is 0 Å². The number of carbonyl (C=O) groups excluding carboxylic acids is 2. The third-order valence-electron chi connectivity index (χ3n) is 6.14. The number of nitrogens with one attached hydrogen (secondary N) is 1. The van der Waals surface area contributed by atoms with Gasteiger partial charge in [0.2, 0.25) is 5.91 Å². The van der Waals surface area contributed by atoms with Crippen LogP contribution in [0.25, 0.3) is 5.69 Å². The van der Waals surface area contributed by atoms with Crippen molar-refractivity contribution in [3.63, 3.8) is 0 Å². The number of aryl methyl sites for hydroxylation is 1. The van der Waals surface area contributed by atoms with E-state index < -0.39 is 0 Å². The summed E-state index contributed by atoms with van der Waals surface area (Å²) in [5.74, 6) is -0.304. The highest BCUT2D eigenvalue weighted by Crippen LogP contribution is 2.20. The fourth-order valence-corrected chi connectivity index (χ4v) is 4.30. The monoisotopic (exact) mass is 448 g/mol. The van der Waals surface area contributed by atoms with Crippen LogP contribution < -0.4 is 5.32 Å². The summed E-state index contributed by atoms with van der Waals surface area (Å²) >= 11 is 0. The minimum atomic E-state index is -0.310. The molecule has 33 heavy (non-hydrogen) atoms. The number of benzene rings is 2. The van der Waals surface area contributed by atoms with Crippen LogP contribution in [0.1, 0.15) is 47.8 Å². The standard InChI is InChI=1S/C26H29FN4O2/c1-2-24-23(18-28-31(24)22-11-9-20(27)10-12-22)26(33)30-16-14-21(15-17-30)29-25(32)13-8-19-6-4-3-5-7-19/h3-7,9-12,18,21H,2,8,13-17H2,1H3,(H,29,32). The molecule has 1 N–H and O–H groups in total. The van der Waals surface area contributed by atoms with Gasteiger partial charge in [-0.1, -0.05) is 37.3 Å². The van der Waals surface area contributed by atoms with Crippen molar-refractivity contribution in [3.8, 4) is 5.69 Å². The highest BCUT2D eigenvalue weighted by atomic mass is 19.1. The minimum Gasteiger partial charge on any atom is -0.353 e. The molecule has 0 atom stereocenters. The Labute approximate surface area is 193 Å². The first-order valence-corrected chi connectivity index (χ1v) is 11.5. The maximum atomic E-state index is 13.3. The quantitative estimate of drug-likeness (QED) is 0.596. The molecule has 172 valence electrons. The van der Waals surface area contributed by atoms with Crippen LogP contribution >= 0.6 is 0 Å². The molecule has 0 radical (unpaired) electrons. The van der Waals surface area contributed by atoms with Crippen molar-refractivity contribution in [3.05, 3.63) is 83.4 Å². The number of aromatic nitrogens is 2. The highest BCUT2D eigenvalue weighted by Gasteiger charge is 2.27. The van der Waals surface area contributed by atoms with E-state index in [0.29, 0.717) is 31.5 Å².